The fourth-order valence-corrected chi connectivity index (χ4v) is 3.80. The van der Waals surface area contributed by atoms with Crippen LogP contribution < -0.4 is 0 Å². The third-order valence-corrected chi connectivity index (χ3v) is 5.70. The van der Waals surface area contributed by atoms with Gasteiger partial charge in [-0.2, -0.15) is 0 Å². The molecule has 1 amide bonds. The Labute approximate surface area is 124 Å². The lowest BCUT2D eigenvalue weighted by Gasteiger charge is -2.29. The number of carbonyl (C=O) groups is 1. The number of unbranched alkanes of at least 4 members (excludes halogenated alkanes) is 1. The molecule has 2 nitrogen and oxygen atoms in total. The summed E-state index contributed by atoms with van der Waals surface area (Å²) < 4.78 is 0. The third-order valence-electron chi connectivity index (χ3n) is 5.70. The molecule has 3 unspecified atom stereocenters. The first-order valence-electron chi connectivity index (χ1n) is 8.38. The highest BCUT2D eigenvalue weighted by atomic mass is 16.2. The van der Waals surface area contributed by atoms with Gasteiger partial charge < -0.3 is 4.90 Å². The third kappa shape index (κ3) is 3.45. The Balaban J connectivity index is 1.87. The van der Waals surface area contributed by atoms with E-state index in [0.717, 1.165) is 31.3 Å². The number of hydrogen-bond acceptors (Lipinski definition) is 1. The van der Waals surface area contributed by atoms with Crippen LogP contribution in [0.2, 0.25) is 0 Å². The van der Waals surface area contributed by atoms with Crippen molar-refractivity contribution in [1.82, 2.24) is 4.90 Å². The molecule has 0 heterocycles. The van der Waals surface area contributed by atoms with E-state index in [1.807, 2.05) is 0 Å². The normalized spacial score (nSPS) is 32.7. The van der Waals surface area contributed by atoms with Crippen LogP contribution in [0.3, 0.4) is 0 Å². The molecule has 0 N–H and O–H groups in total. The monoisotopic (exact) mass is 277 g/mol. The summed E-state index contributed by atoms with van der Waals surface area (Å²) in [6.07, 6.45) is 9.94. The maximum absolute atomic E-state index is 11.8. The fourth-order valence-electron chi connectivity index (χ4n) is 3.80. The molecule has 0 saturated heterocycles. The zero-order chi connectivity index (χ0) is 14.8. The smallest absolute Gasteiger partial charge is 0.219 e. The highest BCUT2D eigenvalue weighted by Crippen LogP contribution is 2.60. The van der Waals surface area contributed by atoms with Crippen LogP contribution in [-0.2, 0) is 4.79 Å². The van der Waals surface area contributed by atoms with E-state index in [1.54, 1.807) is 12.5 Å². The summed E-state index contributed by atoms with van der Waals surface area (Å²) in [7, 11) is 0. The first kappa shape index (κ1) is 15.6. The topological polar surface area (TPSA) is 20.3 Å². The number of allylic oxidation sites excluding steroid dienone is 2. The van der Waals surface area contributed by atoms with E-state index >= 15 is 0 Å². The van der Waals surface area contributed by atoms with Crippen LogP contribution in [-0.4, -0.2) is 23.9 Å². The lowest BCUT2D eigenvalue weighted by atomic mass is 9.78. The molecule has 0 spiro atoms. The molecule has 2 heteroatoms. The zero-order valence-electron chi connectivity index (χ0n) is 13.7. The molecule has 0 aromatic heterocycles. The number of hydrogen-bond donors (Lipinski definition) is 0. The fraction of sp³-hybridized carbons (Fsp3) is 0.833. The van der Waals surface area contributed by atoms with Gasteiger partial charge in [0.15, 0.2) is 0 Å². The standard InChI is InChI=1S/C18H31NO/c1-5-6-11-19(15(3)20)13-17-12-18(17,4)16-9-7-14(2)8-10-16/h7,16-17H,5-6,8-13H2,1-4H3. The molecule has 0 radical (unpaired) electrons. The lowest BCUT2D eigenvalue weighted by Crippen LogP contribution is -2.33. The van der Waals surface area contributed by atoms with Crippen LogP contribution in [0, 0.1) is 17.3 Å². The molecule has 0 aliphatic heterocycles. The molecule has 3 atom stereocenters. The van der Waals surface area contributed by atoms with Gasteiger partial charge in [-0.1, -0.05) is 31.9 Å². The zero-order valence-corrected chi connectivity index (χ0v) is 13.7. The average Bonchev–Trinajstić information content (AvgIpc) is 3.06. The van der Waals surface area contributed by atoms with Gasteiger partial charge in [0, 0.05) is 20.0 Å². The van der Waals surface area contributed by atoms with Gasteiger partial charge in [0.05, 0.1) is 0 Å². The predicted octanol–water partition coefficient (Wildman–Crippen LogP) is 4.41. The second-order valence-electron chi connectivity index (χ2n) is 7.25. The SMILES string of the molecule is CCCCN(CC1CC1(C)C1CC=C(C)CC1)C(C)=O. The summed E-state index contributed by atoms with van der Waals surface area (Å²) in [5.41, 5.74) is 2.06. The van der Waals surface area contributed by atoms with Crippen molar-refractivity contribution in [3.63, 3.8) is 0 Å². The van der Waals surface area contributed by atoms with Crippen LogP contribution in [0.5, 0.6) is 0 Å². The molecule has 20 heavy (non-hydrogen) atoms. The van der Waals surface area contributed by atoms with Crippen LogP contribution in [0.25, 0.3) is 0 Å². The minimum Gasteiger partial charge on any atom is -0.343 e. The Bertz CT molecular complexity index is 387. The van der Waals surface area contributed by atoms with Gasteiger partial charge in [0.2, 0.25) is 5.91 Å². The summed E-state index contributed by atoms with van der Waals surface area (Å²) in [6.45, 7) is 10.6. The number of nitrogens with zero attached hydrogens (tertiary/aromatic N) is 1. The first-order chi connectivity index (χ1) is 9.47. The van der Waals surface area contributed by atoms with Gasteiger partial charge in [0.1, 0.15) is 0 Å². The van der Waals surface area contributed by atoms with Crippen LogP contribution in [0.1, 0.15) is 66.2 Å². The molecule has 1 fully saturated rings. The van der Waals surface area contributed by atoms with Crippen molar-refractivity contribution in [2.45, 2.75) is 66.2 Å². The highest BCUT2D eigenvalue weighted by Gasteiger charge is 2.54. The Morgan fingerprint density at radius 2 is 2.25 bits per heavy atom. The second kappa shape index (κ2) is 6.32. The van der Waals surface area contributed by atoms with E-state index in [0.29, 0.717) is 5.41 Å². The molecular weight excluding hydrogens is 246 g/mol. The summed E-state index contributed by atoms with van der Waals surface area (Å²) in [5.74, 6) is 1.84. The van der Waals surface area contributed by atoms with E-state index in [-0.39, 0.29) is 5.91 Å². The highest BCUT2D eigenvalue weighted by molar-refractivity contribution is 5.73. The maximum Gasteiger partial charge on any atom is 0.219 e. The summed E-state index contributed by atoms with van der Waals surface area (Å²) in [5, 5.41) is 0. The summed E-state index contributed by atoms with van der Waals surface area (Å²) in [6, 6.07) is 0. The quantitative estimate of drug-likeness (QED) is 0.659. The van der Waals surface area contributed by atoms with Crippen molar-refractivity contribution in [2.75, 3.05) is 13.1 Å². The van der Waals surface area contributed by atoms with E-state index in [4.69, 9.17) is 0 Å². The Morgan fingerprint density at radius 3 is 2.80 bits per heavy atom. The van der Waals surface area contributed by atoms with E-state index in [9.17, 15) is 4.79 Å². The molecule has 2 aliphatic carbocycles. The minimum absolute atomic E-state index is 0.257. The predicted molar refractivity (Wildman–Crippen MR) is 84.5 cm³/mol. The van der Waals surface area contributed by atoms with Crippen molar-refractivity contribution in [1.29, 1.82) is 0 Å². The lowest BCUT2D eigenvalue weighted by molar-refractivity contribution is -0.129. The van der Waals surface area contributed by atoms with Crippen molar-refractivity contribution >= 4 is 5.91 Å². The van der Waals surface area contributed by atoms with Crippen molar-refractivity contribution < 1.29 is 4.79 Å². The van der Waals surface area contributed by atoms with Gasteiger partial charge in [0.25, 0.3) is 0 Å². The number of rotatable bonds is 6. The number of amides is 1. The van der Waals surface area contributed by atoms with Crippen LogP contribution in [0.15, 0.2) is 11.6 Å². The van der Waals surface area contributed by atoms with E-state index in [1.165, 1.54) is 32.1 Å². The van der Waals surface area contributed by atoms with E-state index < -0.39 is 0 Å². The molecule has 0 aromatic rings. The molecule has 1 saturated carbocycles. The molecule has 2 aliphatic rings. The molecular formula is C18H31NO. The summed E-state index contributed by atoms with van der Waals surface area (Å²) in [4.78, 5) is 13.8. The van der Waals surface area contributed by atoms with Crippen LogP contribution >= 0.6 is 0 Å². The van der Waals surface area contributed by atoms with Crippen molar-refractivity contribution in [3.05, 3.63) is 11.6 Å². The van der Waals surface area contributed by atoms with Gasteiger partial charge >= 0.3 is 0 Å². The largest absolute Gasteiger partial charge is 0.343 e. The van der Waals surface area contributed by atoms with E-state index in [2.05, 4.69) is 31.7 Å². The van der Waals surface area contributed by atoms with Gasteiger partial charge in [-0.25, -0.2) is 0 Å². The number of carbonyl (C=O) groups excluding carboxylic acids is 1. The second-order valence-corrected chi connectivity index (χ2v) is 7.25. The van der Waals surface area contributed by atoms with Gasteiger partial charge in [-0.3, -0.25) is 4.79 Å². The Hall–Kier alpha value is -0.790. The Morgan fingerprint density at radius 1 is 1.50 bits per heavy atom. The molecule has 2 rings (SSSR count). The summed E-state index contributed by atoms with van der Waals surface area (Å²) >= 11 is 0. The first-order valence-corrected chi connectivity index (χ1v) is 8.38. The maximum atomic E-state index is 11.8. The van der Waals surface area contributed by atoms with Gasteiger partial charge in [-0.15, -0.1) is 0 Å². The van der Waals surface area contributed by atoms with Gasteiger partial charge in [-0.05, 0) is 56.3 Å². The van der Waals surface area contributed by atoms with Crippen molar-refractivity contribution in [3.8, 4) is 0 Å². The Kier molecular flexibility index (Phi) is 4.93. The molecule has 114 valence electrons. The van der Waals surface area contributed by atoms with Crippen molar-refractivity contribution in [2.24, 2.45) is 17.3 Å². The molecule has 0 bridgehead atoms. The average molecular weight is 277 g/mol. The van der Waals surface area contributed by atoms with Crippen LogP contribution in [0.4, 0.5) is 0 Å². The molecule has 0 aromatic carbocycles. The minimum atomic E-state index is 0.257.